The molecule has 19 heavy (non-hydrogen) atoms. The van der Waals surface area contributed by atoms with Crippen molar-refractivity contribution in [2.45, 2.75) is 20.4 Å². The lowest BCUT2D eigenvalue weighted by molar-refractivity contribution is 0.552. The molecule has 0 amide bonds. The van der Waals surface area contributed by atoms with Crippen LogP contribution in [-0.4, -0.2) is 16.3 Å². The van der Waals surface area contributed by atoms with Gasteiger partial charge in [0.2, 0.25) is 0 Å². The molecule has 0 aliphatic carbocycles. The van der Waals surface area contributed by atoms with Gasteiger partial charge in [-0.05, 0) is 24.6 Å². The lowest BCUT2D eigenvalue weighted by atomic mass is 10.1. The number of nitrogens with zero attached hydrogens (tertiary/aromatic N) is 2. The smallest absolute Gasteiger partial charge is 0.0968 e. The second-order valence-corrected chi connectivity index (χ2v) is 5.65. The highest BCUT2D eigenvalue weighted by Crippen LogP contribution is 2.24. The quantitative estimate of drug-likeness (QED) is 0.907. The van der Waals surface area contributed by atoms with Gasteiger partial charge in [0.15, 0.2) is 0 Å². The molecule has 0 aliphatic heterocycles. The van der Waals surface area contributed by atoms with Crippen LogP contribution in [0.5, 0.6) is 0 Å². The second kappa shape index (κ2) is 6.22. The summed E-state index contributed by atoms with van der Waals surface area (Å²) in [6.07, 6.45) is 2.06. The van der Waals surface area contributed by atoms with Crippen LogP contribution in [0.25, 0.3) is 11.3 Å². The monoisotopic (exact) mass is 277 g/mol. The molecule has 0 fully saturated rings. The molecule has 1 N–H and O–H groups in total. The van der Waals surface area contributed by atoms with E-state index in [1.54, 1.807) is 0 Å². The van der Waals surface area contributed by atoms with E-state index in [0.29, 0.717) is 5.92 Å². The van der Waals surface area contributed by atoms with Crippen LogP contribution in [0.3, 0.4) is 0 Å². The van der Waals surface area contributed by atoms with Crippen LogP contribution < -0.4 is 5.32 Å². The van der Waals surface area contributed by atoms with Gasteiger partial charge in [0.05, 0.1) is 5.69 Å². The van der Waals surface area contributed by atoms with E-state index in [-0.39, 0.29) is 0 Å². The maximum absolute atomic E-state index is 6.05. The lowest BCUT2D eigenvalue weighted by Gasteiger charge is -2.07. The summed E-state index contributed by atoms with van der Waals surface area (Å²) in [5.74, 6) is 0.645. The van der Waals surface area contributed by atoms with Gasteiger partial charge in [0.1, 0.15) is 0 Å². The molecular weight excluding hydrogens is 258 g/mol. The molecule has 0 bridgehead atoms. The first kappa shape index (κ1) is 14.1. The molecule has 0 unspecified atom stereocenters. The summed E-state index contributed by atoms with van der Waals surface area (Å²) in [5, 5.41) is 8.73. The van der Waals surface area contributed by atoms with Crippen molar-refractivity contribution >= 4 is 11.6 Å². The summed E-state index contributed by atoms with van der Waals surface area (Å²) in [6.45, 7) is 6.24. The number of rotatable bonds is 5. The standard InChI is InChI=1S/C15H20ClN3/c1-11(2)8-17-9-13-10-19(3)18-15(13)12-5-4-6-14(16)7-12/h4-7,10-11,17H,8-9H2,1-3H3. The third-order valence-electron chi connectivity index (χ3n) is 2.87. The Labute approximate surface area is 119 Å². The molecule has 1 heterocycles. The molecule has 0 atom stereocenters. The van der Waals surface area contributed by atoms with Gasteiger partial charge in [-0.15, -0.1) is 0 Å². The highest BCUT2D eigenvalue weighted by molar-refractivity contribution is 6.30. The van der Waals surface area contributed by atoms with Crippen molar-refractivity contribution in [2.75, 3.05) is 6.54 Å². The predicted molar refractivity (Wildman–Crippen MR) is 80.2 cm³/mol. The molecule has 0 spiro atoms. The zero-order valence-electron chi connectivity index (χ0n) is 11.7. The highest BCUT2D eigenvalue weighted by Gasteiger charge is 2.10. The van der Waals surface area contributed by atoms with Gasteiger partial charge in [-0.25, -0.2) is 0 Å². The van der Waals surface area contributed by atoms with Crippen molar-refractivity contribution in [2.24, 2.45) is 13.0 Å². The Morgan fingerprint density at radius 2 is 2.16 bits per heavy atom. The average molecular weight is 278 g/mol. The van der Waals surface area contributed by atoms with Crippen molar-refractivity contribution in [3.05, 3.63) is 41.0 Å². The molecule has 4 heteroatoms. The number of benzene rings is 1. The second-order valence-electron chi connectivity index (χ2n) is 5.21. The zero-order valence-corrected chi connectivity index (χ0v) is 12.4. The maximum atomic E-state index is 6.05. The Bertz CT molecular complexity index is 546. The minimum Gasteiger partial charge on any atom is -0.312 e. The van der Waals surface area contributed by atoms with E-state index in [4.69, 9.17) is 11.6 Å². The molecule has 3 nitrogen and oxygen atoms in total. The fraction of sp³-hybridized carbons (Fsp3) is 0.400. The Hall–Kier alpha value is -1.32. The van der Waals surface area contributed by atoms with E-state index in [1.165, 1.54) is 5.56 Å². The molecule has 2 rings (SSSR count). The summed E-state index contributed by atoms with van der Waals surface area (Å²) >= 11 is 6.05. The number of nitrogens with one attached hydrogen (secondary N) is 1. The lowest BCUT2D eigenvalue weighted by Crippen LogP contribution is -2.19. The molecule has 2 aromatic rings. The van der Waals surface area contributed by atoms with E-state index >= 15 is 0 Å². The topological polar surface area (TPSA) is 29.9 Å². The minimum absolute atomic E-state index is 0.645. The van der Waals surface area contributed by atoms with Gasteiger partial charge in [0, 0.05) is 35.9 Å². The van der Waals surface area contributed by atoms with Gasteiger partial charge in [-0.1, -0.05) is 37.6 Å². The van der Waals surface area contributed by atoms with Crippen molar-refractivity contribution < 1.29 is 0 Å². The van der Waals surface area contributed by atoms with Crippen LogP contribution in [0.15, 0.2) is 30.5 Å². The molecule has 0 saturated carbocycles. The first-order valence-corrected chi connectivity index (χ1v) is 6.93. The van der Waals surface area contributed by atoms with Crippen LogP contribution in [-0.2, 0) is 13.6 Å². The Kier molecular flexibility index (Phi) is 4.61. The van der Waals surface area contributed by atoms with Gasteiger partial charge >= 0.3 is 0 Å². The molecule has 102 valence electrons. The van der Waals surface area contributed by atoms with Gasteiger partial charge in [-0.2, -0.15) is 5.10 Å². The first-order chi connectivity index (χ1) is 9.06. The molecule has 1 aromatic heterocycles. The summed E-state index contributed by atoms with van der Waals surface area (Å²) < 4.78 is 1.85. The largest absolute Gasteiger partial charge is 0.312 e. The summed E-state index contributed by atoms with van der Waals surface area (Å²) in [7, 11) is 1.94. The third kappa shape index (κ3) is 3.82. The average Bonchev–Trinajstić information content (AvgIpc) is 2.70. The van der Waals surface area contributed by atoms with E-state index in [1.807, 2.05) is 36.0 Å². The van der Waals surface area contributed by atoms with Gasteiger partial charge in [0.25, 0.3) is 0 Å². The Balaban J connectivity index is 2.21. The molecular formula is C15H20ClN3. The zero-order chi connectivity index (χ0) is 13.8. The Morgan fingerprint density at radius 1 is 1.37 bits per heavy atom. The number of aromatic nitrogens is 2. The fourth-order valence-electron chi connectivity index (χ4n) is 2.04. The molecule has 0 radical (unpaired) electrons. The van der Waals surface area contributed by atoms with Crippen LogP contribution >= 0.6 is 11.6 Å². The number of aryl methyl sites for hydroxylation is 1. The van der Waals surface area contributed by atoms with Crippen LogP contribution in [0.1, 0.15) is 19.4 Å². The summed E-state index contributed by atoms with van der Waals surface area (Å²) in [6, 6.07) is 7.83. The van der Waals surface area contributed by atoms with Crippen LogP contribution in [0, 0.1) is 5.92 Å². The minimum atomic E-state index is 0.645. The van der Waals surface area contributed by atoms with E-state index in [9.17, 15) is 0 Å². The summed E-state index contributed by atoms with van der Waals surface area (Å²) in [4.78, 5) is 0. The predicted octanol–water partition coefficient (Wildman–Crippen LogP) is 3.49. The van der Waals surface area contributed by atoms with E-state index in [0.717, 1.165) is 29.4 Å². The van der Waals surface area contributed by atoms with Crippen LogP contribution in [0.2, 0.25) is 5.02 Å². The molecule has 0 saturated heterocycles. The molecule has 1 aromatic carbocycles. The van der Waals surface area contributed by atoms with Crippen molar-refractivity contribution in [3.63, 3.8) is 0 Å². The number of halogens is 1. The van der Waals surface area contributed by atoms with E-state index in [2.05, 4.69) is 30.5 Å². The SMILES string of the molecule is CC(C)CNCc1cn(C)nc1-c1cccc(Cl)c1. The van der Waals surface area contributed by atoms with Gasteiger partial charge < -0.3 is 5.32 Å². The Morgan fingerprint density at radius 3 is 2.84 bits per heavy atom. The van der Waals surface area contributed by atoms with Crippen molar-refractivity contribution in [1.82, 2.24) is 15.1 Å². The normalized spacial score (nSPS) is 11.2. The van der Waals surface area contributed by atoms with Crippen LogP contribution in [0.4, 0.5) is 0 Å². The first-order valence-electron chi connectivity index (χ1n) is 6.55. The summed E-state index contributed by atoms with van der Waals surface area (Å²) in [5.41, 5.74) is 3.26. The number of hydrogen-bond acceptors (Lipinski definition) is 2. The number of hydrogen-bond donors (Lipinski definition) is 1. The van der Waals surface area contributed by atoms with E-state index < -0.39 is 0 Å². The fourth-order valence-corrected chi connectivity index (χ4v) is 2.23. The van der Waals surface area contributed by atoms with Crippen molar-refractivity contribution in [1.29, 1.82) is 0 Å². The van der Waals surface area contributed by atoms with Gasteiger partial charge in [-0.3, -0.25) is 4.68 Å². The van der Waals surface area contributed by atoms with Crippen molar-refractivity contribution in [3.8, 4) is 11.3 Å². The highest BCUT2D eigenvalue weighted by atomic mass is 35.5. The molecule has 0 aliphatic rings. The third-order valence-corrected chi connectivity index (χ3v) is 3.11. The maximum Gasteiger partial charge on any atom is 0.0968 e.